The van der Waals surface area contributed by atoms with E-state index in [4.69, 9.17) is 0 Å². The van der Waals surface area contributed by atoms with E-state index >= 15 is 0 Å². The minimum absolute atomic E-state index is 0.183. The Labute approximate surface area is 171 Å². The third-order valence-electron chi connectivity index (χ3n) is 5.12. The summed E-state index contributed by atoms with van der Waals surface area (Å²) in [5.74, 6) is -0.190. The fourth-order valence-electron chi connectivity index (χ4n) is 3.41. The molecular formula is C20H28N3O3S2+. The monoisotopic (exact) mass is 422 g/mol. The zero-order valence-corrected chi connectivity index (χ0v) is 18.0. The summed E-state index contributed by atoms with van der Waals surface area (Å²) in [6, 6.07) is 10.5. The summed E-state index contributed by atoms with van der Waals surface area (Å²) in [6.07, 6.45) is 2.88. The summed E-state index contributed by atoms with van der Waals surface area (Å²) >= 11 is 1.68. The predicted octanol–water partition coefficient (Wildman–Crippen LogP) is 1.54. The zero-order chi connectivity index (χ0) is 20.1. The molecule has 1 saturated heterocycles. The Bertz CT molecular complexity index is 872. The lowest BCUT2D eigenvalue weighted by Crippen LogP contribution is -3.06. The van der Waals surface area contributed by atoms with Crippen LogP contribution >= 0.6 is 11.3 Å². The second kappa shape index (κ2) is 9.17. The van der Waals surface area contributed by atoms with Gasteiger partial charge in [0.05, 0.1) is 30.4 Å². The Balaban J connectivity index is 1.65. The number of sulfonamides is 1. The summed E-state index contributed by atoms with van der Waals surface area (Å²) in [7, 11) is 0.661. The van der Waals surface area contributed by atoms with E-state index in [1.807, 2.05) is 11.4 Å². The molecular weight excluding hydrogens is 394 g/mol. The van der Waals surface area contributed by atoms with Crippen molar-refractivity contribution >= 4 is 27.3 Å². The van der Waals surface area contributed by atoms with E-state index in [-0.39, 0.29) is 16.8 Å². The summed E-state index contributed by atoms with van der Waals surface area (Å²) in [5.41, 5.74) is 0.469. The average Bonchev–Trinajstić information content (AvgIpc) is 3.23. The highest BCUT2D eigenvalue weighted by molar-refractivity contribution is 7.89. The van der Waals surface area contributed by atoms with Gasteiger partial charge in [-0.2, -0.15) is 4.31 Å². The summed E-state index contributed by atoms with van der Waals surface area (Å²) < 4.78 is 27.0. The highest BCUT2D eigenvalue weighted by Crippen LogP contribution is 2.21. The molecule has 6 nitrogen and oxygen atoms in total. The van der Waals surface area contributed by atoms with Crippen LogP contribution in [0.25, 0.3) is 0 Å². The molecule has 0 aliphatic carbocycles. The number of hydrogen-bond donors (Lipinski definition) is 2. The first-order valence-electron chi connectivity index (χ1n) is 9.61. The van der Waals surface area contributed by atoms with E-state index in [2.05, 4.69) is 25.5 Å². The SMILES string of the molecule is C[NH+](C)[C@H](CNC(=O)c1ccc(S(=O)(=O)N2CCCCC2)cc1)c1cccs1. The normalized spacial score (nSPS) is 16.8. The van der Waals surface area contributed by atoms with Crippen molar-refractivity contribution in [3.8, 4) is 0 Å². The minimum Gasteiger partial charge on any atom is -0.346 e. The largest absolute Gasteiger partial charge is 0.346 e. The van der Waals surface area contributed by atoms with Crippen LogP contribution in [0.3, 0.4) is 0 Å². The van der Waals surface area contributed by atoms with Crippen molar-refractivity contribution in [1.82, 2.24) is 9.62 Å². The first kappa shape index (κ1) is 21.0. The molecule has 2 heterocycles. The topological polar surface area (TPSA) is 70.9 Å². The summed E-state index contributed by atoms with van der Waals surface area (Å²) in [6.45, 7) is 1.67. The second-order valence-corrected chi connectivity index (χ2v) is 10.3. The number of benzene rings is 1. The van der Waals surface area contributed by atoms with Crippen LogP contribution in [-0.2, 0) is 10.0 Å². The van der Waals surface area contributed by atoms with Crippen LogP contribution < -0.4 is 10.2 Å². The molecule has 0 unspecified atom stereocenters. The quantitative estimate of drug-likeness (QED) is 0.711. The standard InChI is InChI=1S/C20H27N3O3S2/c1-22(2)18(19-7-6-14-27-19)15-21-20(24)16-8-10-17(11-9-16)28(25,26)23-12-4-3-5-13-23/h6-11,14,18H,3-5,12-13,15H2,1-2H3,(H,21,24)/p+1/t18-/m1/s1. The maximum Gasteiger partial charge on any atom is 0.251 e. The molecule has 3 rings (SSSR count). The molecule has 1 aliphatic heterocycles. The van der Waals surface area contributed by atoms with E-state index in [0.717, 1.165) is 19.3 Å². The van der Waals surface area contributed by atoms with Gasteiger partial charge in [-0.15, -0.1) is 11.3 Å². The number of carbonyl (C=O) groups is 1. The number of amides is 1. The maximum atomic E-state index is 12.7. The van der Waals surface area contributed by atoms with Crippen LogP contribution in [0.5, 0.6) is 0 Å². The maximum absolute atomic E-state index is 12.7. The second-order valence-electron chi connectivity index (χ2n) is 7.34. The van der Waals surface area contributed by atoms with Crippen LogP contribution in [0.4, 0.5) is 0 Å². The van der Waals surface area contributed by atoms with E-state index in [1.165, 1.54) is 26.2 Å². The lowest BCUT2D eigenvalue weighted by molar-refractivity contribution is -0.890. The Morgan fingerprint density at radius 2 is 1.82 bits per heavy atom. The van der Waals surface area contributed by atoms with Crippen LogP contribution in [0.15, 0.2) is 46.7 Å². The van der Waals surface area contributed by atoms with Crippen LogP contribution in [-0.4, -0.2) is 52.4 Å². The Kier molecular flexibility index (Phi) is 6.87. The van der Waals surface area contributed by atoms with Gasteiger partial charge >= 0.3 is 0 Å². The van der Waals surface area contributed by atoms with Gasteiger partial charge in [-0.05, 0) is 48.6 Å². The fourth-order valence-corrected chi connectivity index (χ4v) is 5.88. The van der Waals surface area contributed by atoms with Crippen molar-refractivity contribution in [3.63, 3.8) is 0 Å². The molecule has 1 aliphatic rings. The van der Waals surface area contributed by atoms with E-state index in [1.54, 1.807) is 23.5 Å². The third kappa shape index (κ3) is 4.81. The van der Waals surface area contributed by atoms with Gasteiger partial charge in [0, 0.05) is 18.7 Å². The van der Waals surface area contributed by atoms with E-state index in [9.17, 15) is 13.2 Å². The van der Waals surface area contributed by atoms with Gasteiger partial charge in [0.15, 0.2) is 0 Å². The molecule has 28 heavy (non-hydrogen) atoms. The van der Waals surface area contributed by atoms with Gasteiger partial charge in [0.2, 0.25) is 10.0 Å². The highest BCUT2D eigenvalue weighted by Gasteiger charge is 2.26. The molecule has 0 radical (unpaired) electrons. The van der Waals surface area contributed by atoms with Gasteiger partial charge in [0.25, 0.3) is 5.91 Å². The zero-order valence-electron chi connectivity index (χ0n) is 16.3. The number of hydrogen-bond acceptors (Lipinski definition) is 4. The highest BCUT2D eigenvalue weighted by atomic mass is 32.2. The molecule has 0 spiro atoms. The number of carbonyl (C=O) groups excluding carboxylic acids is 1. The van der Waals surface area contributed by atoms with Crippen LogP contribution in [0.2, 0.25) is 0 Å². The number of likely N-dealkylation sites (N-methyl/N-ethyl adjacent to an activating group) is 1. The number of rotatable bonds is 7. The Morgan fingerprint density at radius 3 is 2.39 bits per heavy atom. The predicted molar refractivity (Wildman–Crippen MR) is 111 cm³/mol. The molecule has 0 saturated carbocycles. The summed E-state index contributed by atoms with van der Waals surface area (Å²) in [4.78, 5) is 15.2. The molecule has 1 aromatic heterocycles. The van der Waals surface area contributed by atoms with E-state index < -0.39 is 10.0 Å². The fraction of sp³-hybridized carbons (Fsp3) is 0.450. The van der Waals surface area contributed by atoms with Gasteiger partial charge in [-0.1, -0.05) is 12.5 Å². The van der Waals surface area contributed by atoms with Crippen molar-refractivity contribution in [2.75, 3.05) is 33.7 Å². The molecule has 1 atom stereocenters. The molecule has 0 bridgehead atoms. The molecule has 2 aromatic rings. The van der Waals surface area contributed by atoms with Crippen LogP contribution in [0.1, 0.15) is 40.5 Å². The van der Waals surface area contributed by atoms with Crippen LogP contribution in [0, 0.1) is 0 Å². The first-order chi connectivity index (χ1) is 13.4. The van der Waals surface area contributed by atoms with Crippen molar-refractivity contribution in [2.24, 2.45) is 0 Å². The molecule has 1 aromatic carbocycles. The number of quaternary nitrogens is 1. The van der Waals surface area contributed by atoms with Crippen molar-refractivity contribution in [1.29, 1.82) is 0 Å². The Morgan fingerprint density at radius 1 is 1.14 bits per heavy atom. The molecule has 152 valence electrons. The number of thiophene rings is 1. The van der Waals surface area contributed by atoms with Gasteiger partial charge < -0.3 is 10.2 Å². The van der Waals surface area contributed by atoms with Gasteiger partial charge in [0.1, 0.15) is 6.04 Å². The summed E-state index contributed by atoms with van der Waals surface area (Å²) in [5, 5.41) is 5.01. The lowest BCUT2D eigenvalue weighted by atomic mass is 10.2. The molecule has 8 heteroatoms. The lowest BCUT2D eigenvalue weighted by Gasteiger charge is -2.25. The smallest absolute Gasteiger partial charge is 0.251 e. The number of nitrogens with one attached hydrogen (secondary N) is 2. The van der Waals surface area contributed by atoms with Crippen molar-refractivity contribution in [3.05, 3.63) is 52.2 Å². The van der Waals surface area contributed by atoms with Crippen molar-refractivity contribution in [2.45, 2.75) is 30.2 Å². The number of nitrogens with zero attached hydrogens (tertiary/aromatic N) is 1. The van der Waals surface area contributed by atoms with Crippen molar-refractivity contribution < 1.29 is 18.1 Å². The molecule has 1 amide bonds. The molecule has 1 fully saturated rings. The third-order valence-corrected chi connectivity index (χ3v) is 8.02. The van der Waals surface area contributed by atoms with Gasteiger partial charge in [-0.3, -0.25) is 4.79 Å². The minimum atomic E-state index is -3.47. The average molecular weight is 423 g/mol. The number of piperidine rings is 1. The Hall–Kier alpha value is -1.74. The van der Waals surface area contributed by atoms with E-state index in [0.29, 0.717) is 25.2 Å². The van der Waals surface area contributed by atoms with Gasteiger partial charge in [-0.25, -0.2) is 8.42 Å². The molecule has 2 N–H and O–H groups in total. The first-order valence-corrected chi connectivity index (χ1v) is 11.9.